The molecular formula is C24H26N2S. The molecule has 138 valence electrons. The number of aryl methyl sites for hydroxylation is 1. The van der Waals surface area contributed by atoms with E-state index in [0.717, 1.165) is 36.7 Å². The van der Waals surface area contributed by atoms with Gasteiger partial charge in [-0.2, -0.15) is 0 Å². The zero-order valence-corrected chi connectivity index (χ0v) is 16.6. The van der Waals surface area contributed by atoms with Crippen molar-refractivity contribution in [3.63, 3.8) is 0 Å². The number of rotatable bonds is 7. The highest BCUT2D eigenvalue weighted by atomic mass is 32.1. The zero-order valence-electron chi connectivity index (χ0n) is 15.8. The van der Waals surface area contributed by atoms with Gasteiger partial charge >= 0.3 is 0 Å². The molecule has 0 saturated heterocycles. The van der Waals surface area contributed by atoms with Crippen LogP contribution in [0.4, 0.5) is 5.69 Å². The van der Waals surface area contributed by atoms with Gasteiger partial charge in [0.25, 0.3) is 0 Å². The fourth-order valence-corrected chi connectivity index (χ4v) is 3.36. The Hall–Kier alpha value is -2.65. The summed E-state index contributed by atoms with van der Waals surface area (Å²) in [5.41, 5.74) is 4.94. The van der Waals surface area contributed by atoms with Crippen molar-refractivity contribution in [2.45, 2.75) is 19.8 Å². The summed E-state index contributed by atoms with van der Waals surface area (Å²) in [7, 11) is 0. The molecule has 27 heavy (non-hydrogen) atoms. The van der Waals surface area contributed by atoms with Crippen molar-refractivity contribution >= 4 is 23.0 Å². The maximum absolute atomic E-state index is 5.75. The molecule has 0 spiro atoms. The molecule has 0 aliphatic rings. The molecule has 0 fully saturated rings. The number of benzene rings is 3. The molecule has 0 bridgehead atoms. The second kappa shape index (κ2) is 9.89. The number of anilines is 1. The third kappa shape index (κ3) is 6.22. The summed E-state index contributed by atoms with van der Waals surface area (Å²) in [4.78, 5) is 2.28. The third-order valence-corrected chi connectivity index (χ3v) is 4.94. The SMILES string of the molecule is Cc1cccc(NC(=S)N(CCc2ccccc2)CCc2ccccc2)c1. The van der Waals surface area contributed by atoms with Crippen LogP contribution in [0.3, 0.4) is 0 Å². The Balaban J connectivity index is 1.66. The molecular weight excluding hydrogens is 348 g/mol. The van der Waals surface area contributed by atoms with Crippen molar-refractivity contribution in [2.24, 2.45) is 0 Å². The predicted octanol–water partition coefficient (Wildman–Crippen LogP) is 5.48. The Bertz CT molecular complexity index is 803. The summed E-state index contributed by atoms with van der Waals surface area (Å²) in [5, 5.41) is 4.20. The second-order valence-corrected chi connectivity index (χ2v) is 7.14. The first-order valence-electron chi connectivity index (χ1n) is 9.41. The predicted molar refractivity (Wildman–Crippen MR) is 119 cm³/mol. The Kier molecular flexibility index (Phi) is 7.00. The molecule has 0 saturated carbocycles. The van der Waals surface area contributed by atoms with Gasteiger partial charge in [-0.15, -0.1) is 0 Å². The molecule has 0 aliphatic heterocycles. The number of nitrogens with zero attached hydrogens (tertiary/aromatic N) is 1. The zero-order chi connectivity index (χ0) is 18.9. The van der Waals surface area contributed by atoms with E-state index < -0.39 is 0 Å². The van der Waals surface area contributed by atoms with E-state index >= 15 is 0 Å². The van der Waals surface area contributed by atoms with Crippen LogP contribution >= 0.6 is 12.2 Å². The molecule has 3 aromatic carbocycles. The molecule has 0 atom stereocenters. The Morgan fingerprint density at radius 1 is 0.778 bits per heavy atom. The van der Waals surface area contributed by atoms with Crippen molar-refractivity contribution < 1.29 is 0 Å². The van der Waals surface area contributed by atoms with Gasteiger partial charge in [0, 0.05) is 18.8 Å². The van der Waals surface area contributed by atoms with E-state index in [2.05, 4.69) is 102 Å². The smallest absolute Gasteiger partial charge is 0.173 e. The van der Waals surface area contributed by atoms with Crippen molar-refractivity contribution in [1.29, 1.82) is 0 Å². The van der Waals surface area contributed by atoms with Crippen LogP contribution in [-0.2, 0) is 12.8 Å². The molecule has 3 heteroatoms. The van der Waals surface area contributed by atoms with Gasteiger partial charge < -0.3 is 10.2 Å². The number of hydrogen-bond acceptors (Lipinski definition) is 1. The summed E-state index contributed by atoms with van der Waals surface area (Å²) in [6.45, 7) is 3.89. The molecule has 0 unspecified atom stereocenters. The molecule has 3 rings (SSSR count). The molecule has 1 N–H and O–H groups in total. The first-order chi connectivity index (χ1) is 13.2. The van der Waals surface area contributed by atoms with E-state index in [1.165, 1.54) is 16.7 Å². The second-order valence-electron chi connectivity index (χ2n) is 6.76. The lowest BCUT2D eigenvalue weighted by molar-refractivity contribution is 0.432. The highest BCUT2D eigenvalue weighted by molar-refractivity contribution is 7.80. The fraction of sp³-hybridized carbons (Fsp3) is 0.208. The standard InChI is InChI=1S/C24H26N2S/c1-20-9-8-14-23(19-20)25-24(27)26(17-15-21-10-4-2-5-11-21)18-16-22-12-6-3-7-13-22/h2-14,19H,15-18H2,1H3,(H,25,27). The summed E-state index contributed by atoms with van der Waals surface area (Å²) < 4.78 is 0. The van der Waals surface area contributed by atoms with Crippen molar-refractivity contribution in [3.05, 3.63) is 102 Å². The van der Waals surface area contributed by atoms with Gasteiger partial charge in [0.1, 0.15) is 0 Å². The van der Waals surface area contributed by atoms with Crippen LogP contribution in [0.2, 0.25) is 0 Å². The van der Waals surface area contributed by atoms with Gasteiger partial charge in [-0.3, -0.25) is 0 Å². The van der Waals surface area contributed by atoms with Crippen molar-refractivity contribution in [1.82, 2.24) is 4.90 Å². The minimum Gasteiger partial charge on any atom is -0.348 e. The highest BCUT2D eigenvalue weighted by Crippen LogP contribution is 2.12. The lowest BCUT2D eigenvalue weighted by atomic mass is 10.1. The van der Waals surface area contributed by atoms with Crippen LogP contribution in [0.5, 0.6) is 0 Å². The number of thiocarbonyl (C=S) groups is 1. The van der Waals surface area contributed by atoms with Crippen LogP contribution in [0.15, 0.2) is 84.9 Å². The summed E-state index contributed by atoms with van der Waals surface area (Å²) in [6, 6.07) is 29.5. The number of nitrogens with one attached hydrogen (secondary N) is 1. The van der Waals surface area contributed by atoms with Gasteiger partial charge in [-0.25, -0.2) is 0 Å². The monoisotopic (exact) mass is 374 g/mol. The minimum atomic E-state index is 0.785. The average molecular weight is 375 g/mol. The maximum Gasteiger partial charge on any atom is 0.173 e. The van der Waals surface area contributed by atoms with Crippen LogP contribution in [-0.4, -0.2) is 23.1 Å². The highest BCUT2D eigenvalue weighted by Gasteiger charge is 2.11. The molecule has 0 radical (unpaired) electrons. The van der Waals surface area contributed by atoms with E-state index in [-0.39, 0.29) is 0 Å². The van der Waals surface area contributed by atoms with Gasteiger partial charge in [0.15, 0.2) is 5.11 Å². The average Bonchev–Trinajstić information content (AvgIpc) is 2.69. The van der Waals surface area contributed by atoms with Crippen LogP contribution < -0.4 is 5.32 Å². The molecule has 0 aromatic heterocycles. The van der Waals surface area contributed by atoms with Gasteiger partial charge in [0.05, 0.1) is 0 Å². The van der Waals surface area contributed by atoms with Crippen LogP contribution in [0.1, 0.15) is 16.7 Å². The van der Waals surface area contributed by atoms with Crippen molar-refractivity contribution in [2.75, 3.05) is 18.4 Å². The van der Waals surface area contributed by atoms with Crippen LogP contribution in [0.25, 0.3) is 0 Å². The first-order valence-corrected chi connectivity index (χ1v) is 9.82. The Labute approximate surface area is 167 Å². The van der Waals surface area contributed by atoms with Gasteiger partial charge in [-0.05, 0) is 60.8 Å². The van der Waals surface area contributed by atoms with E-state index in [9.17, 15) is 0 Å². The minimum absolute atomic E-state index is 0.785. The third-order valence-electron chi connectivity index (χ3n) is 4.58. The van der Waals surface area contributed by atoms with Crippen molar-refractivity contribution in [3.8, 4) is 0 Å². The maximum atomic E-state index is 5.75. The molecule has 0 amide bonds. The van der Waals surface area contributed by atoms with Crippen LogP contribution in [0, 0.1) is 6.92 Å². The summed E-state index contributed by atoms with van der Waals surface area (Å²) in [5.74, 6) is 0. The molecule has 2 nitrogen and oxygen atoms in total. The van der Waals surface area contributed by atoms with Gasteiger partial charge in [0.2, 0.25) is 0 Å². The molecule has 0 aliphatic carbocycles. The molecule has 0 heterocycles. The van der Waals surface area contributed by atoms with E-state index in [1.807, 2.05) is 0 Å². The largest absolute Gasteiger partial charge is 0.348 e. The fourth-order valence-electron chi connectivity index (χ4n) is 3.06. The number of hydrogen-bond donors (Lipinski definition) is 1. The van der Waals surface area contributed by atoms with E-state index in [1.54, 1.807) is 0 Å². The quantitative estimate of drug-likeness (QED) is 0.551. The van der Waals surface area contributed by atoms with E-state index in [0.29, 0.717) is 0 Å². The van der Waals surface area contributed by atoms with Gasteiger partial charge in [-0.1, -0.05) is 72.8 Å². The normalized spacial score (nSPS) is 10.4. The lowest BCUT2D eigenvalue weighted by Gasteiger charge is -2.26. The molecule has 3 aromatic rings. The Morgan fingerprint density at radius 3 is 1.85 bits per heavy atom. The Morgan fingerprint density at radius 2 is 1.33 bits per heavy atom. The summed E-state index contributed by atoms with van der Waals surface area (Å²) >= 11 is 5.75. The topological polar surface area (TPSA) is 15.3 Å². The van der Waals surface area contributed by atoms with E-state index in [4.69, 9.17) is 12.2 Å². The summed E-state index contributed by atoms with van der Waals surface area (Å²) in [6.07, 6.45) is 1.95. The first kappa shape index (κ1) is 19.1. The lowest BCUT2D eigenvalue weighted by Crippen LogP contribution is -2.37.